The van der Waals surface area contributed by atoms with Crippen LogP contribution in [0.5, 0.6) is 0 Å². The molecule has 0 amide bonds. The average molecular weight is 463 g/mol. The monoisotopic (exact) mass is 462 g/mol. The summed E-state index contributed by atoms with van der Waals surface area (Å²) in [5.74, 6) is 0. The number of fused-ring (bicyclic) bond motifs is 18. The van der Waals surface area contributed by atoms with E-state index in [1.165, 1.54) is 57.8 Å². The summed E-state index contributed by atoms with van der Waals surface area (Å²) in [7, 11) is 0. The first-order chi connectivity index (χ1) is 17.8. The molecular weight excluding hydrogens is 432 g/mol. The number of hydrogen-bond acceptors (Lipinski definition) is 0. The molecule has 0 heteroatoms. The minimum Gasteiger partial charge on any atom is -0.0619 e. The van der Waals surface area contributed by atoms with Crippen molar-refractivity contribution in [3.05, 3.63) is 106 Å². The standard InChI is InChI=1S/C36H30/c1-4-13-25-22(10-1)28-31(34(25)16-7-17-34)29-24-12-3-6-15-27(24)36(20-9-21-36)33(29)30-23-11-2-5-14-26(23)35(32(28)30)18-8-19-35/h1-6,10-15H,7-9,16-21H2. The summed E-state index contributed by atoms with van der Waals surface area (Å²) < 4.78 is 0. The SMILES string of the molecule is c1ccc2c(c1)-c1c(c3c(c4c1C1(CCC1)c1ccccc1-4)C1(CCC1)c1ccccc1-3)C21CCC1. The van der Waals surface area contributed by atoms with Gasteiger partial charge in [-0.05, 0) is 105 Å². The van der Waals surface area contributed by atoms with E-state index in [-0.39, 0.29) is 16.2 Å². The molecule has 3 fully saturated rings. The largest absolute Gasteiger partial charge is 0.0619 e. The lowest BCUT2D eigenvalue weighted by molar-refractivity contribution is 0.297. The Bertz CT molecular complexity index is 1450. The van der Waals surface area contributed by atoms with Crippen molar-refractivity contribution in [2.75, 3.05) is 0 Å². The first-order valence-corrected chi connectivity index (χ1v) is 14.4. The Kier molecular flexibility index (Phi) is 3.11. The summed E-state index contributed by atoms with van der Waals surface area (Å²) in [6.45, 7) is 0. The van der Waals surface area contributed by atoms with Crippen LogP contribution < -0.4 is 0 Å². The van der Waals surface area contributed by atoms with E-state index in [1.807, 2.05) is 0 Å². The Morgan fingerprint density at radius 1 is 0.361 bits per heavy atom. The van der Waals surface area contributed by atoms with E-state index in [4.69, 9.17) is 0 Å². The zero-order valence-electron chi connectivity index (χ0n) is 20.8. The van der Waals surface area contributed by atoms with E-state index in [9.17, 15) is 0 Å². The summed E-state index contributed by atoms with van der Waals surface area (Å²) in [5.41, 5.74) is 20.6. The maximum Gasteiger partial charge on any atom is 0.0221 e. The van der Waals surface area contributed by atoms with Gasteiger partial charge in [0.15, 0.2) is 0 Å². The van der Waals surface area contributed by atoms with Crippen molar-refractivity contribution in [1.82, 2.24) is 0 Å². The average Bonchev–Trinajstić information content (AvgIpc) is 3.43. The molecule has 0 atom stereocenters. The summed E-state index contributed by atoms with van der Waals surface area (Å²) in [5, 5.41) is 0. The Labute approximate surface area is 213 Å². The maximum atomic E-state index is 2.49. The van der Waals surface area contributed by atoms with Gasteiger partial charge in [0.2, 0.25) is 0 Å². The second-order valence-corrected chi connectivity index (χ2v) is 12.7. The van der Waals surface area contributed by atoms with Gasteiger partial charge >= 0.3 is 0 Å². The highest BCUT2D eigenvalue weighted by molar-refractivity contribution is 6.05. The van der Waals surface area contributed by atoms with Gasteiger partial charge in [0, 0.05) is 16.2 Å². The highest BCUT2D eigenvalue weighted by atomic mass is 14.6. The molecule has 0 bridgehead atoms. The number of benzene rings is 4. The molecule has 4 aromatic rings. The highest BCUT2D eigenvalue weighted by Crippen LogP contribution is 2.74. The van der Waals surface area contributed by atoms with Crippen LogP contribution in [0.4, 0.5) is 0 Å². The van der Waals surface area contributed by atoms with Crippen LogP contribution in [0.3, 0.4) is 0 Å². The van der Waals surface area contributed by atoms with E-state index in [0.717, 1.165) is 0 Å². The van der Waals surface area contributed by atoms with Crippen molar-refractivity contribution < 1.29 is 0 Å². The van der Waals surface area contributed by atoms with Gasteiger partial charge in [0.05, 0.1) is 0 Å². The minimum absolute atomic E-state index is 0.229. The topological polar surface area (TPSA) is 0 Å². The third-order valence-electron chi connectivity index (χ3n) is 11.7. The summed E-state index contributed by atoms with van der Waals surface area (Å²) in [6, 6.07) is 28.7. The fourth-order valence-corrected chi connectivity index (χ4v) is 9.90. The molecule has 4 aromatic carbocycles. The molecule has 10 rings (SSSR count). The molecule has 6 aliphatic rings. The highest BCUT2D eigenvalue weighted by Gasteiger charge is 2.60. The Morgan fingerprint density at radius 3 is 0.889 bits per heavy atom. The fourth-order valence-electron chi connectivity index (χ4n) is 9.90. The molecule has 0 nitrogen and oxygen atoms in total. The van der Waals surface area contributed by atoms with E-state index in [1.54, 1.807) is 66.8 Å². The molecule has 3 spiro atoms. The van der Waals surface area contributed by atoms with Crippen LogP contribution in [0.2, 0.25) is 0 Å². The maximum absolute atomic E-state index is 2.49. The van der Waals surface area contributed by atoms with Gasteiger partial charge in [0.1, 0.15) is 0 Å². The summed E-state index contributed by atoms with van der Waals surface area (Å²) >= 11 is 0. The van der Waals surface area contributed by atoms with Crippen LogP contribution in [0.1, 0.15) is 91.2 Å². The predicted molar refractivity (Wildman–Crippen MR) is 147 cm³/mol. The van der Waals surface area contributed by atoms with E-state index >= 15 is 0 Å². The summed E-state index contributed by atoms with van der Waals surface area (Å²) in [4.78, 5) is 0. The van der Waals surface area contributed by atoms with Crippen molar-refractivity contribution in [2.24, 2.45) is 0 Å². The third kappa shape index (κ3) is 1.74. The zero-order chi connectivity index (χ0) is 23.3. The normalized spacial score (nSPS) is 22.7. The van der Waals surface area contributed by atoms with Gasteiger partial charge in [-0.1, -0.05) is 92.1 Å². The molecule has 6 aliphatic carbocycles. The smallest absolute Gasteiger partial charge is 0.0221 e. The lowest BCUT2D eigenvalue weighted by atomic mass is 9.57. The molecule has 0 radical (unpaired) electrons. The zero-order valence-corrected chi connectivity index (χ0v) is 20.8. The first-order valence-electron chi connectivity index (χ1n) is 14.4. The second kappa shape index (κ2) is 5.88. The van der Waals surface area contributed by atoms with Crippen molar-refractivity contribution in [2.45, 2.75) is 74.0 Å². The third-order valence-corrected chi connectivity index (χ3v) is 11.7. The molecular formula is C36H30. The van der Waals surface area contributed by atoms with Gasteiger partial charge in [-0.2, -0.15) is 0 Å². The van der Waals surface area contributed by atoms with Gasteiger partial charge in [-0.3, -0.25) is 0 Å². The molecule has 0 saturated heterocycles. The Hall–Kier alpha value is -3.12. The van der Waals surface area contributed by atoms with E-state index in [0.29, 0.717) is 0 Å². The van der Waals surface area contributed by atoms with Crippen LogP contribution in [-0.4, -0.2) is 0 Å². The van der Waals surface area contributed by atoms with Gasteiger partial charge in [-0.25, -0.2) is 0 Å². The molecule has 174 valence electrons. The number of rotatable bonds is 0. The first kappa shape index (κ1) is 19.1. The minimum atomic E-state index is 0.229. The molecule has 0 unspecified atom stereocenters. The lowest BCUT2D eigenvalue weighted by Crippen LogP contribution is -2.37. The second-order valence-electron chi connectivity index (χ2n) is 12.7. The fraction of sp³-hybridized carbons (Fsp3) is 0.333. The summed E-state index contributed by atoms with van der Waals surface area (Å²) in [6.07, 6.45) is 12.0. The van der Waals surface area contributed by atoms with Crippen molar-refractivity contribution in [1.29, 1.82) is 0 Å². The predicted octanol–water partition coefficient (Wildman–Crippen LogP) is 9.04. The van der Waals surface area contributed by atoms with Crippen LogP contribution in [-0.2, 0) is 16.2 Å². The van der Waals surface area contributed by atoms with Crippen LogP contribution >= 0.6 is 0 Å². The molecule has 0 aliphatic heterocycles. The number of hydrogen-bond donors (Lipinski definition) is 0. The molecule has 3 saturated carbocycles. The van der Waals surface area contributed by atoms with Crippen LogP contribution in [0.15, 0.2) is 72.8 Å². The van der Waals surface area contributed by atoms with E-state index < -0.39 is 0 Å². The van der Waals surface area contributed by atoms with Crippen LogP contribution in [0, 0.1) is 0 Å². The van der Waals surface area contributed by atoms with Gasteiger partial charge < -0.3 is 0 Å². The van der Waals surface area contributed by atoms with E-state index in [2.05, 4.69) is 72.8 Å². The Morgan fingerprint density at radius 2 is 0.639 bits per heavy atom. The lowest BCUT2D eigenvalue weighted by Gasteiger charge is -2.46. The molecule has 0 N–H and O–H groups in total. The van der Waals surface area contributed by atoms with Gasteiger partial charge in [0.25, 0.3) is 0 Å². The van der Waals surface area contributed by atoms with Crippen molar-refractivity contribution in [3.8, 4) is 33.4 Å². The quantitative estimate of drug-likeness (QED) is 0.244. The molecule has 0 aromatic heterocycles. The molecule has 0 heterocycles. The Balaban J connectivity index is 1.48. The molecule has 36 heavy (non-hydrogen) atoms. The van der Waals surface area contributed by atoms with Crippen molar-refractivity contribution in [3.63, 3.8) is 0 Å². The van der Waals surface area contributed by atoms with Gasteiger partial charge in [-0.15, -0.1) is 0 Å². The van der Waals surface area contributed by atoms with Crippen molar-refractivity contribution >= 4 is 0 Å². The van der Waals surface area contributed by atoms with Crippen LogP contribution in [0.25, 0.3) is 33.4 Å².